The first kappa shape index (κ1) is 16.4. The van der Waals surface area contributed by atoms with Crippen molar-refractivity contribution in [3.63, 3.8) is 0 Å². The number of nitriles is 1. The van der Waals surface area contributed by atoms with E-state index < -0.39 is 10.0 Å². The molecule has 110 valence electrons. The molecule has 0 radical (unpaired) electrons. The van der Waals surface area contributed by atoms with E-state index in [1.54, 1.807) is 13.8 Å². The molecule has 0 fully saturated rings. The standard InChI is InChI=1S/C13H19N3O3S/c1-4-16(10(2)9-19-3)20(17,18)13-6-5-11(8-14)7-12(13)15/h5-7,10H,4,9,15H2,1-3H3. The SMILES string of the molecule is CCN(C(C)COC)S(=O)(=O)c1ccc(C#N)cc1N. The molecule has 0 saturated heterocycles. The molecule has 0 saturated carbocycles. The zero-order chi connectivity index (χ0) is 15.3. The molecule has 6 nitrogen and oxygen atoms in total. The van der Waals surface area contributed by atoms with Crippen LogP contribution in [0.2, 0.25) is 0 Å². The van der Waals surface area contributed by atoms with Gasteiger partial charge in [0.2, 0.25) is 10.0 Å². The highest BCUT2D eigenvalue weighted by atomic mass is 32.2. The predicted octanol–water partition coefficient (Wildman–Crippen LogP) is 1.19. The number of likely N-dealkylation sites (N-methyl/N-ethyl adjacent to an activating group) is 1. The number of ether oxygens (including phenoxy) is 1. The van der Waals surface area contributed by atoms with Crippen LogP contribution in [0.1, 0.15) is 19.4 Å². The van der Waals surface area contributed by atoms with E-state index in [1.165, 1.54) is 29.6 Å². The first-order chi connectivity index (χ1) is 9.38. The number of nitrogens with two attached hydrogens (primary N) is 1. The number of hydrogen-bond donors (Lipinski definition) is 1. The molecule has 2 N–H and O–H groups in total. The number of rotatable bonds is 6. The molecule has 0 bridgehead atoms. The van der Waals surface area contributed by atoms with E-state index in [2.05, 4.69) is 0 Å². The van der Waals surface area contributed by atoms with Gasteiger partial charge in [-0.1, -0.05) is 6.92 Å². The van der Waals surface area contributed by atoms with Gasteiger partial charge in [0, 0.05) is 19.7 Å². The van der Waals surface area contributed by atoms with Crippen molar-refractivity contribution in [1.29, 1.82) is 5.26 Å². The molecule has 1 rings (SSSR count). The molecule has 1 aromatic rings. The van der Waals surface area contributed by atoms with Crippen molar-refractivity contribution in [2.45, 2.75) is 24.8 Å². The minimum Gasteiger partial charge on any atom is -0.398 e. The molecule has 0 aliphatic carbocycles. The molecule has 0 amide bonds. The number of hydrogen-bond acceptors (Lipinski definition) is 5. The molecular weight excluding hydrogens is 278 g/mol. The van der Waals surface area contributed by atoms with Gasteiger partial charge in [-0.3, -0.25) is 0 Å². The van der Waals surface area contributed by atoms with Gasteiger partial charge in [0.05, 0.1) is 23.9 Å². The van der Waals surface area contributed by atoms with Gasteiger partial charge in [-0.15, -0.1) is 0 Å². The van der Waals surface area contributed by atoms with Crippen molar-refractivity contribution in [1.82, 2.24) is 4.31 Å². The second-order valence-electron chi connectivity index (χ2n) is 4.38. The van der Waals surface area contributed by atoms with Crippen LogP contribution >= 0.6 is 0 Å². The van der Waals surface area contributed by atoms with Crippen molar-refractivity contribution >= 4 is 15.7 Å². The second-order valence-corrected chi connectivity index (χ2v) is 6.24. The number of methoxy groups -OCH3 is 1. The lowest BCUT2D eigenvalue weighted by Crippen LogP contribution is -2.41. The fraction of sp³-hybridized carbons (Fsp3) is 0.462. The number of nitrogen functional groups attached to an aromatic ring is 1. The van der Waals surface area contributed by atoms with Gasteiger partial charge in [0.15, 0.2) is 0 Å². The first-order valence-corrected chi connectivity index (χ1v) is 7.62. The van der Waals surface area contributed by atoms with Gasteiger partial charge in [-0.25, -0.2) is 8.42 Å². The summed E-state index contributed by atoms with van der Waals surface area (Å²) in [5.41, 5.74) is 6.17. The summed E-state index contributed by atoms with van der Waals surface area (Å²) < 4.78 is 31.5. The highest BCUT2D eigenvalue weighted by Crippen LogP contribution is 2.24. The van der Waals surface area contributed by atoms with Crippen LogP contribution in [0.25, 0.3) is 0 Å². The lowest BCUT2D eigenvalue weighted by atomic mass is 10.2. The van der Waals surface area contributed by atoms with Gasteiger partial charge in [-0.05, 0) is 25.1 Å². The van der Waals surface area contributed by atoms with Crippen molar-refractivity contribution in [2.75, 3.05) is 26.0 Å². The Hall–Kier alpha value is -1.62. The van der Waals surface area contributed by atoms with E-state index in [4.69, 9.17) is 15.7 Å². The quantitative estimate of drug-likeness (QED) is 0.795. The third-order valence-corrected chi connectivity index (χ3v) is 5.10. The molecule has 0 aliphatic heterocycles. The molecule has 1 aromatic carbocycles. The van der Waals surface area contributed by atoms with Gasteiger partial charge >= 0.3 is 0 Å². The van der Waals surface area contributed by atoms with E-state index in [-0.39, 0.29) is 16.6 Å². The molecule has 0 aliphatic rings. The maximum Gasteiger partial charge on any atom is 0.245 e. The largest absolute Gasteiger partial charge is 0.398 e. The number of benzene rings is 1. The van der Waals surface area contributed by atoms with Crippen LogP contribution in [0.3, 0.4) is 0 Å². The Kier molecular flexibility index (Phi) is 5.51. The average molecular weight is 297 g/mol. The van der Waals surface area contributed by atoms with Crippen molar-refractivity contribution < 1.29 is 13.2 Å². The highest BCUT2D eigenvalue weighted by Gasteiger charge is 2.29. The predicted molar refractivity (Wildman–Crippen MR) is 76.5 cm³/mol. The fourth-order valence-corrected chi connectivity index (χ4v) is 3.75. The van der Waals surface area contributed by atoms with Crippen molar-refractivity contribution in [3.8, 4) is 6.07 Å². The highest BCUT2D eigenvalue weighted by molar-refractivity contribution is 7.89. The Balaban J connectivity index is 3.24. The average Bonchev–Trinajstić information content (AvgIpc) is 2.38. The zero-order valence-electron chi connectivity index (χ0n) is 11.8. The maximum atomic E-state index is 12.6. The van der Waals surface area contributed by atoms with E-state index in [1.807, 2.05) is 6.07 Å². The number of nitrogens with zero attached hydrogens (tertiary/aromatic N) is 2. The Morgan fingerprint density at radius 3 is 2.60 bits per heavy atom. The molecule has 0 spiro atoms. The normalized spacial score (nSPS) is 13.2. The topological polar surface area (TPSA) is 96.4 Å². The molecular formula is C13H19N3O3S. The van der Waals surface area contributed by atoms with Crippen LogP contribution in [0.15, 0.2) is 23.1 Å². The Morgan fingerprint density at radius 1 is 1.50 bits per heavy atom. The van der Waals surface area contributed by atoms with Crippen LogP contribution in [0, 0.1) is 11.3 Å². The van der Waals surface area contributed by atoms with E-state index in [9.17, 15) is 8.42 Å². The molecule has 20 heavy (non-hydrogen) atoms. The summed E-state index contributed by atoms with van der Waals surface area (Å²) in [7, 11) is -2.19. The van der Waals surface area contributed by atoms with Gasteiger partial charge in [0.25, 0.3) is 0 Å². The van der Waals surface area contributed by atoms with Crippen LogP contribution < -0.4 is 5.73 Å². The number of anilines is 1. The van der Waals surface area contributed by atoms with E-state index in [0.29, 0.717) is 18.7 Å². The Morgan fingerprint density at radius 2 is 2.15 bits per heavy atom. The third-order valence-electron chi connectivity index (χ3n) is 2.94. The lowest BCUT2D eigenvalue weighted by molar-refractivity contribution is 0.142. The summed E-state index contributed by atoms with van der Waals surface area (Å²) >= 11 is 0. The zero-order valence-corrected chi connectivity index (χ0v) is 12.6. The Labute approximate surface area is 119 Å². The molecule has 0 aromatic heterocycles. The molecule has 7 heteroatoms. The van der Waals surface area contributed by atoms with Crippen LogP contribution in [0.5, 0.6) is 0 Å². The van der Waals surface area contributed by atoms with Crippen LogP contribution in [0.4, 0.5) is 5.69 Å². The Bertz CT molecular complexity index is 608. The van der Waals surface area contributed by atoms with Gasteiger partial charge in [0.1, 0.15) is 4.90 Å². The maximum absolute atomic E-state index is 12.6. The third kappa shape index (κ3) is 3.28. The van der Waals surface area contributed by atoms with Crippen molar-refractivity contribution in [2.24, 2.45) is 0 Å². The number of sulfonamides is 1. The molecule has 1 atom stereocenters. The summed E-state index contributed by atoms with van der Waals surface area (Å²) in [4.78, 5) is 0.0151. The second kappa shape index (κ2) is 6.70. The van der Waals surface area contributed by atoms with Gasteiger partial charge < -0.3 is 10.5 Å². The first-order valence-electron chi connectivity index (χ1n) is 6.18. The van der Waals surface area contributed by atoms with Crippen molar-refractivity contribution in [3.05, 3.63) is 23.8 Å². The summed E-state index contributed by atoms with van der Waals surface area (Å²) in [5, 5.41) is 8.79. The smallest absolute Gasteiger partial charge is 0.245 e. The van der Waals surface area contributed by atoms with Crippen LogP contribution in [-0.2, 0) is 14.8 Å². The van der Waals surface area contributed by atoms with Crippen LogP contribution in [-0.4, -0.2) is 39.0 Å². The minimum atomic E-state index is -3.71. The van der Waals surface area contributed by atoms with E-state index in [0.717, 1.165) is 0 Å². The minimum absolute atomic E-state index is 0.0151. The molecule has 1 unspecified atom stereocenters. The lowest BCUT2D eigenvalue weighted by Gasteiger charge is -2.27. The summed E-state index contributed by atoms with van der Waals surface area (Å²) in [5.74, 6) is 0. The monoisotopic (exact) mass is 297 g/mol. The fourth-order valence-electron chi connectivity index (χ4n) is 2.02. The van der Waals surface area contributed by atoms with Gasteiger partial charge in [-0.2, -0.15) is 9.57 Å². The molecule has 0 heterocycles. The van der Waals surface area contributed by atoms with E-state index >= 15 is 0 Å². The summed E-state index contributed by atoms with van der Waals surface area (Å²) in [6, 6.07) is 5.80. The summed E-state index contributed by atoms with van der Waals surface area (Å²) in [6.45, 7) is 4.13. The summed E-state index contributed by atoms with van der Waals surface area (Å²) in [6.07, 6.45) is 0.